The summed E-state index contributed by atoms with van der Waals surface area (Å²) in [6.07, 6.45) is 4.64. The van der Waals surface area contributed by atoms with Crippen molar-refractivity contribution < 1.29 is 13.9 Å². The third kappa shape index (κ3) is 3.44. The first-order valence-corrected chi connectivity index (χ1v) is 9.07. The van der Waals surface area contributed by atoms with Gasteiger partial charge in [-0.2, -0.15) is 4.39 Å². The number of benzene rings is 1. The summed E-state index contributed by atoms with van der Waals surface area (Å²) in [7, 11) is 0. The van der Waals surface area contributed by atoms with Crippen molar-refractivity contribution in [2.24, 2.45) is 0 Å². The van der Waals surface area contributed by atoms with Crippen molar-refractivity contribution in [1.82, 2.24) is 9.13 Å². The Hall–Kier alpha value is -2.74. The van der Waals surface area contributed by atoms with Gasteiger partial charge in [0.05, 0.1) is 6.20 Å². The van der Waals surface area contributed by atoms with Crippen molar-refractivity contribution in [2.45, 2.75) is 44.9 Å². The molecule has 8 heteroatoms. The number of amides is 1. The van der Waals surface area contributed by atoms with Gasteiger partial charge in [-0.3, -0.25) is 14.2 Å². The number of rotatable bonds is 4. The zero-order valence-corrected chi connectivity index (χ0v) is 14.7. The maximum absolute atomic E-state index is 14.0. The van der Waals surface area contributed by atoms with Crippen LogP contribution in [0.15, 0.2) is 34.0 Å². The SMILES string of the molecule is O=C(Cn1c(=O)c(F)cn(C2CCCO2)c1=O)Nc1ccc2c(c1)CCC2. The number of carbonyl (C=O) groups excluding carboxylic acids is 1. The number of carbonyl (C=O) groups is 1. The van der Waals surface area contributed by atoms with Gasteiger partial charge in [-0.25, -0.2) is 9.36 Å². The summed E-state index contributed by atoms with van der Waals surface area (Å²) in [5.74, 6) is -1.65. The van der Waals surface area contributed by atoms with Gasteiger partial charge in [0.25, 0.3) is 5.56 Å². The molecule has 0 spiro atoms. The molecule has 1 aromatic heterocycles. The molecule has 1 N–H and O–H groups in total. The monoisotopic (exact) mass is 373 g/mol. The van der Waals surface area contributed by atoms with E-state index in [1.807, 2.05) is 12.1 Å². The lowest BCUT2D eigenvalue weighted by Crippen LogP contribution is -2.44. The van der Waals surface area contributed by atoms with Gasteiger partial charge in [-0.1, -0.05) is 6.07 Å². The first-order valence-electron chi connectivity index (χ1n) is 9.07. The van der Waals surface area contributed by atoms with E-state index in [1.165, 1.54) is 11.1 Å². The highest BCUT2D eigenvalue weighted by Gasteiger charge is 2.23. The van der Waals surface area contributed by atoms with Crippen LogP contribution in [-0.2, 0) is 28.9 Å². The minimum Gasteiger partial charge on any atom is -0.358 e. The van der Waals surface area contributed by atoms with Crippen LogP contribution >= 0.6 is 0 Å². The number of fused-ring (bicyclic) bond motifs is 1. The molecule has 27 heavy (non-hydrogen) atoms. The van der Waals surface area contributed by atoms with Gasteiger partial charge < -0.3 is 10.1 Å². The fourth-order valence-corrected chi connectivity index (χ4v) is 3.71. The molecule has 0 bridgehead atoms. The molecule has 142 valence electrons. The molecule has 1 aliphatic carbocycles. The Kier molecular flexibility index (Phi) is 4.65. The molecular formula is C19H20FN3O4. The van der Waals surface area contributed by atoms with E-state index in [9.17, 15) is 18.8 Å². The molecule has 1 atom stereocenters. The van der Waals surface area contributed by atoms with E-state index in [4.69, 9.17) is 4.74 Å². The lowest BCUT2D eigenvalue weighted by molar-refractivity contribution is -0.116. The summed E-state index contributed by atoms with van der Waals surface area (Å²) >= 11 is 0. The Morgan fingerprint density at radius 1 is 1.22 bits per heavy atom. The van der Waals surface area contributed by atoms with Crippen LogP contribution in [0.4, 0.5) is 10.1 Å². The maximum atomic E-state index is 14.0. The van der Waals surface area contributed by atoms with Crippen molar-refractivity contribution >= 4 is 11.6 Å². The van der Waals surface area contributed by atoms with Crippen molar-refractivity contribution in [2.75, 3.05) is 11.9 Å². The average Bonchev–Trinajstić information content (AvgIpc) is 3.33. The molecule has 2 heterocycles. The number of anilines is 1. The summed E-state index contributed by atoms with van der Waals surface area (Å²) in [6.45, 7) is -0.0874. The van der Waals surface area contributed by atoms with Gasteiger partial charge in [0.15, 0.2) is 0 Å². The molecule has 2 aliphatic rings. The van der Waals surface area contributed by atoms with Crippen LogP contribution in [0, 0.1) is 5.82 Å². The Balaban J connectivity index is 1.57. The predicted octanol–water partition coefficient (Wildman–Crippen LogP) is 1.59. The average molecular weight is 373 g/mol. The molecule has 4 rings (SSSR count). The normalized spacial score (nSPS) is 18.5. The Morgan fingerprint density at radius 2 is 2.04 bits per heavy atom. The molecule has 0 radical (unpaired) electrons. The number of hydrogen-bond donors (Lipinski definition) is 1. The van der Waals surface area contributed by atoms with Crippen molar-refractivity contribution in [3.05, 3.63) is 62.2 Å². The lowest BCUT2D eigenvalue weighted by atomic mass is 10.1. The van der Waals surface area contributed by atoms with Crippen LogP contribution in [0.5, 0.6) is 0 Å². The minimum atomic E-state index is -1.11. The van der Waals surface area contributed by atoms with Crippen LogP contribution in [0.3, 0.4) is 0 Å². The second-order valence-electron chi connectivity index (χ2n) is 6.91. The molecule has 1 aromatic carbocycles. The van der Waals surface area contributed by atoms with E-state index in [0.29, 0.717) is 23.3 Å². The van der Waals surface area contributed by atoms with Gasteiger partial charge in [-0.05, 0) is 55.4 Å². The number of halogens is 1. The second-order valence-corrected chi connectivity index (χ2v) is 6.91. The summed E-state index contributed by atoms with van der Waals surface area (Å²) in [5, 5.41) is 2.68. The first kappa shape index (κ1) is 17.7. The van der Waals surface area contributed by atoms with E-state index in [0.717, 1.165) is 36.4 Å². The number of nitrogens with zero attached hydrogens (tertiary/aromatic N) is 2. The largest absolute Gasteiger partial charge is 0.358 e. The number of ether oxygens (including phenoxy) is 1. The van der Waals surface area contributed by atoms with E-state index < -0.39 is 35.7 Å². The fourth-order valence-electron chi connectivity index (χ4n) is 3.71. The Labute approximate surface area is 154 Å². The Bertz CT molecular complexity index is 1000. The molecule has 2 aromatic rings. The zero-order chi connectivity index (χ0) is 19.0. The van der Waals surface area contributed by atoms with Crippen molar-refractivity contribution in [3.63, 3.8) is 0 Å². The predicted molar refractivity (Wildman–Crippen MR) is 96.2 cm³/mol. The summed E-state index contributed by atoms with van der Waals surface area (Å²) in [4.78, 5) is 37.0. The van der Waals surface area contributed by atoms with Gasteiger partial charge in [0, 0.05) is 12.3 Å². The standard InChI is InChI=1S/C19H20FN3O4/c20-15-10-22(17-5-2-8-27-17)19(26)23(18(15)25)11-16(24)21-14-7-6-12-3-1-4-13(12)9-14/h6-7,9-10,17H,1-5,8,11H2,(H,21,24). The number of aromatic nitrogens is 2. The van der Waals surface area contributed by atoms with E-state index in [2.05, 4.69) is 5.32 Å². The third-order valence-electron chi connectivity index (χ3n) is 5.05. The molecule has 1 amide bonds. The van der Waals surface area contributed by atoms with E-state index in [1.54, 1.807) is 6.07 Å². The molecule has 1 aliphatic heterocycles. The van der Waals surface area contributed by atoms with Gasteiger partial charge in [0.2, 0.25) is 11.7 Å². The van der Waals surface area contributed by atoms with E-state index >= 15 is 0 Å². The maximum Gasteiger partial charge on any atom is 0.333 e. The molecule has 1 fully saturated rings. The molecule has 0 saturated carbocycles. The zero-order valence-electron chi connectivity index (χ0n) is 14.7. The van der Waals surface area contributed by atoms with Crippen LogP contribution in [0.2, 0.25) is 0 Å². The highest BCUT2D eigenvalue weighted by molar-refractivity contribution is 5.90. The molecular weight excluding hydrogens is 353 g/mol. The number of nitrogens with one attached hydrogen (secondary N) is 1. The quantitative estimate of drug-likeness (QED) is 0.882. The number of hydrogen-bond acceptors (Lipinski definition) is 4. The van der Waals surface area contributed by atoms with Gasteiger partial charge in [-0.15, -0.1) is 0 Å². The molecule has 7 nitrogen and oxygen atoms in total. The second kappa shape index (κ2) is 7.11. The third-order valence-corrected chi connectivity index (χ3v) is 5.05. The first-order chi connectivity index (χ1) is 13.0. The molecule has 1 saturated heterocycles. The van der Waals surface area contributed by atoms with E-state index in [-0.39, 0.29) is 0 Å². The van der Waals surface area contributed by atoms with Crippen molar-refractivity contribution in [3.8, 4) is 0 Å². The lowest BCUT2D eigenvalue weighted by Gasteiger charge is -2.15. The summed E-state index contributed by atoms with van der Waals surface area (Å²) in [6, 6.07) is 5.66. The smallest absolute Gasteiger partial charge is 0.333 e. The summed E-state index contributed by atoms with van der Waals surface area (Å²) in [5.41, 5.74) is 1.20. The van der Waals surface area contributed by atoms with Crippen LogP contribution in [0.25, 0.3) is 0 Å². The van der Waals surface area contributed by atoms with Gasteiger partial charge >= 0.3 is 5.69 Å². The highest BCUT2D eigenvalue weighted by atomic mass is 19.1. The van der Waals surface area contributed by atoms with Crippen LogP contribution < -0.4 is 16.6 Å². The minimum absolute atomic E-state index is 0.469. The topological polar surface area (TPSA) is 82.3 Å². The van der Waals surface area contributed by atoms with Gasteiger partial charge in [0.1, 0.15) is 12.8 Å². The van der Waals surface area contributed by atoms with Crippen molar-refractivity contribution in [1.29, 1.82) is 0 Å². The highest BCUT2D eigenvalue weighted by Crippen LogP contribution is 2.25. The van der Waals surface area contributed by atoms with Crippen LogP contribution in [0.1, 0.15) is 36.6 Å². The molecule has 1 unspecified atom stereocenters. The van der Waals surface area contributed by atoms with Crippen LogP contribution in [-0.4, -0.2) is 21.6 Å². The fraction of sp³-hybridized carbons (Fsp3) is 0.421. The number of aryl methyl sites for hydroxylation is 2. The summed E-state index contributed by atoms with van der Waals surface area (Å²) < 4.78 is 21.1. The Morgan fingerprint density at radius 3 is 2.81 bits per heavy atom.